The number of nitrogens with zero attached hydrogens (tertiary/aromatic N) is 4. The first-order valence-electron chi connectivity index (χ1n) is 10.6. The number of rotatable bonds is 8. The molecule has 3 N–H and O–H groups in total. The summed E-state index contributed by atoms with van der Waals surface area (Å²) < 4.78 is 6.19. The van der Waals surface area contributed by atoms with E-state index in [1.165, 1.54) is 22.9 Å². The molecule has 4 aromatic rings. The predicted octanol–water partition coefficient (Wildman–Crippen LogP) is 3.71. The zero-order chi connectivity index (χ0) is 24.1. The van der Waals surface area contributed by atoms with E-state index in [1.807, 2.05) is 63.3 Å². The number of aromatic amines is 1. The van der Waals surface area contributed by atoms with Crippen LogP contribution in [0.1, 0.15) is 25.1 Å². The van der Waals surface area contributed by atoms with Crippen molar-refractivity contribution in [2.75, 3.05) is 6.61 Å². The number of aryl methyl sites for hydroxylation is 1. The number of hydrogen-bond donors (Lipinski definition) is 3. The van der Waals surface area contributed by atoms with Crippen LogP contribution in [-0.4, -0.2) is 49.0 Å². The molecule has 1 unspecified atom stereocenters. The number of aliphatic hydroxyl groups excluding tert-OH is 2. The molecule has 0 bridgehead atoms. The van der Waals surface area contributed by atoms with Gasteiger partial charge in [0.05, 0.1) is 0 Å². The van der Waals surface area contributed by atoms with E-state index in [0.29, 0.717) is 22.1 Å². The van der Waals surface area contributed by atoms with E-state index in [1.54, 1.807) is 18.6 Å². The maximum absolute atomic E-state index is 10.2. The topological polar surface area (TPSA) is 117 Å². The molecule has 174 valence electrons. The molecule has 11 heteroatoms. The van der Waals surface area contributed by atoms with Crippen molar-refractivity contribution in [3.05, 3.63) is 71.1 Å². The zero-order valence-electron chi connectivity index (χ0n) is 19.0. The molecule has 1 atom stereocenters. The third kappa shape index (κ3) is 5.61. The number of hydrogen-bond acceptors (Lipinski definition) is 9. The fraction of sp³-hybridized carbons (Fsp3) is 0.261. The van der Waals surface area contributed by atoms with E-state index in [4.69, 9.17) is 4.74 Å². The van der Waals surface area contributed by atoms with Crippen LogP contribution in [0.25, 0.3) is 0 Å². The average Bonchev–Trinajstić information content (AvgIpc) is 3.32. The van der Waals surface area contributed by atoms with Gasteiger partial charge in [-0.3, -0.25) is 0 Å². The van der Waals surface area contributed by atoms with Gasteiger partial charge in [0.25, 0.3) is 0 Å². The summed E-state index contributed by atoms with van der Waals surface area (Å²) in [6.45, 7) is 5.26. The van der Waals surface area contributed by atoms with Crippen molar-refractivity contribution < 1.29 is 14.9 Å². The standard InChI is InChI=1S/C23H24BN5O3S2/c1-14-16(7-6-10-25-14)32-17-11-15(33-19-8-4-5-9-26-19)12-27-20(17)28-22-29-21(24-34-22)23(2,3)18(31)13-30/h4-12,18,30-31H,13H2,1-3H3,(H,27,28,29). The Balaban J connectivity index is 1.72. The Morgan fingerprint density at radius 1 is 1.18 bits per heavy atom. The number of aromatic nitrogens is 4. The van der Waals surface area contributed by atoms with Crippen LogP contribution in [0.5, 0.6) is 11.5 Å². The van der Waals surface area contributed by atoms with E-state index < -0.39 is 11.5 Å². The molecule has 8 nitrogen and oxygen atoms in total. The van der Waals surface area contributed by atoms with Gasteiger partial charge in [-0.1, -0.05) is 0 Å². The minimum atomic E-state index is -0.903. The summed E-state index contributed by atoms with van der Waals surface area (Å²) >= 11 is 2.86. The van der Waals surface area contributed by atoms with Crippen molar-refractivity contribution in [3.63, 3.8) is 0 Å². The second kappa shape index (κ2) is 10.6. The van der Waals surface area contributed by atoms with Gasteiger partial charge in [-0.05, 0) is 0 Å². The average molecular weight is 493 g/mol. The molecule has 0 saturated heterocycles. The van der Waals surface area contributed by atoms with Crippen LogP contribution >= 0.6 is 22.9 Å². The summed E-state index contributed by atoms with van der Waals surface area (Å²) in [4.78, 5) is 22.6. The Labute approximate surface area is 206 Å². The number of pyridine rings is 3. The van der Waals surface area contributed by atoms with Gasteiger partial charge in [0, 0.05) is 0 Å². The molecule has 0 aliphatic rings. The van der Waals surface area contributed by atoms with Gasteiger partial charge in [-0.2, -0.15) is 0 Å². The molecule has 0 fully saturated rings. The Hall–Kier alpha value is -2.86. The van der Waals surface area contributed by atoms with Gasteiger partial charge in [0.2, 0.25) is 0 Å². The number of ether oxygens (including phenoxy) is 1. The second-order valence-electron chi connectivity index (χ2n) is 8.06. The molecule has 0 saturated carbocycles. The molecule has 34 heavy (non-hydrogen) atoms. The summed E-state index contributed by atoms with van der Waals surface area (Å²) in [5, 5.41) is 20.4. The molecule has 4 rings (SSSR count). The fourth-order valence-corrected chi connectivity index (χ4v) is 4.69. The van der Waals surface area contributed by atoms with Gasteiger partial charge in [-0.15, -0.1) is 0 Å². The monoisotopic (exact) mass is 493 g/mol. The van der Waals surface area contributed by atoms with Crippen LogP contribution in [0, 0.1) is 6.92 Å². The van der Waals surface area contributed by atoms with Gasteiger partial charge < -0.3 is 0 Å². The van der Waals surface area contributed by atoms with Crippen molar-refractivity contribution in [2.24, 2.45) is 4.99 Å². The molecular weight excluding hydrogens is 469 g/mol. The first-order chi connectivity index (χ1) is 16.4. The van der Waals surface area contributed by atoms with E-state index in [0.717, 1.165) is 21.2 Å². The molecule has 4 aromatic heterocycles. The molecule has 0 spiro atoms. The van der Waals surface area contributed by atoms with E-state index >= 15 is 0 Å². The van der Waals surface area contributed by atoms with Crippen LogP contribution < -0.4 is 9.54 Å². The Kier molecular flexibility index (Phi) is 7.57. The number of H-pyrrole nitrogens is 1. The van der Waals surface area contributed by atoms with E-state index in [2.05, 4.69) is 24.9 Å². The van der Waals surface area contributed by atoms with Crippen LogP contribution in [0.2, 0.25) is 0 Å². The molecule has 0 radical (unpaired) electrons. The fourth-order valence-electron chi connectivity index (χ4n) is 3.02. The van der Waals surface area contributed by atoms with Crippen molar-refractivity contribution in [1.82, 2.24) is 19.9 Å². The van der Waals surface area contributed by atoms with Crippen LogP contribution in [-0.2, 0) is 5.41 Å². The summed E-state index contributed by atoms with van der Waals surface area (Å²) in [5.74, 6) is 1.50. The summed E-state index contributed by atoms with van der Waals surface area (Å²) in [6.07, 6.45) is 6.17. The Bertz CT molecular complexity index is 1330. The molecule has 4 heterocycles. The Morgan fingerprint density at radius 3 is 2.74 bits per heavy atom. The third-order valence-corrected chi connectivity index (χ3v) is 6.96. The molecule has 0 aliphatic carbocycles. The quantitative estimate of drug-likeness (QED) is 0.343. The first-order valence-corrected chi connectivity index (χ1v) is 12.3. The first kappa shape index (κ1) is 24.3. The van der Waals surface area contributed by atoms with Gasteiger partial charge in [-0.25, -0.2) is 0 Å². The Morgan fingerprint density at radius 2 is 2.00 bits per heavy atom. The van der Waals surface area contributed by atoms with E-state index in [9.17, 15) is 10.2 Å². The number of aliphatic hydroxyl groups is 2. The van der Waals surface area contributed by atoms with Crippen LogP contribution in [0.3, 0.4) is 0 Å². The van der Waals surface area contributed by atoms with Gasteiger partial charge in [0.1, 0.15) is 0 Å². The van der Waals surface area contributed by atoms with Crippen molar-refractivity contribution in [1.29, 1.82) is 0 Å². The summed E-state index contributed by atoms with van der Waals surface area (Å²) in [6, 6.07) is 11.3. The maximum atomic E-state index is 10.2. The predicted molar refractivity (Wildman–Crippen MR) is 133 cm³/mol. The SMILES string of the molecule is Cc1ncccc1Oc1cc(Sc2ccccn2)cnc1/N=c1/[nH]c(C(C)(C)C(O)CO)bs1. The zero-order valence-corrected chi connectivity index (χ0v) is 20.6. The molecule has 0 aromatic carbocycles. The van der Waals surface area contributed by atoms with Gasteiger partial charge in [0.15, 0.2) is 0 Å². The van der Waals surface area contributed by atoms with Gasteiger partial charge >= 0.3 is 206 Å². The molecule has 0 amide bonds. The molecular formula is C23H24BN5O3S2. The van der Waals surface area contributed by atoms with E-state index in [-0.39, 0.29) is 6.61 Å². The summed E-state index contributed by atoms with van der Waals surface area (Å²) in [5.41, 5.74) is 0.855. The minimum absolute atomic E-state index is 0.331. The van der Waals surface area contributed by atoms with Crippen LogP contribution in [0.15, 0.2) is 69.9 Å². The second-order valence-corrected chi connectivity index (χ2v) is 10.0. The van der Waals surface area contributed by atoms with Crippen molar-refractivity contribution in [2.45, 2.75) is 42.2 Å². The third-order valence-electron chi connectivity index (χ3n) is 5.28. The normalized spacial score (nSPS) is 13.0. The van der Waals surface area contributed by atoms with Crippen LogP contribution in [0.4, 0.5) is 5.82 Å². The molecule has 0 aliphatic heterocycles. The summed E-state index contributed by atoms with van der Waals surface area (Å²) in [7, 11) is 0. The number of nitrogens with one attached hydrogen (secondary N) is 1. The van der Waals surface area contributed by atoms with Crippen molar-refractivity contribution in [3.8, 4) is 11.5 Å². The van der Waals surface area contributed by atoms with Crippen molar-refractivity contribution >= 4 is 34.9 Å².